The van der Waals surface area contributed by atoms with E-state index < -0.39 is 0 Å². The van der Waals surface area contributed by atoms with E-state index in [0.29, 0.717) is 12.1 Å². The minimum atomic E-state index is 0.618. The van der Waals surface area contributed by atoms with E-state index >= 15 is 0 Å². The quantitative estimate of drug-likeness (QED) is 0.483. The maximum absolute atomic E-state index is 5.43. The molecule has 2 atom stereocenters. The Kier molecular flexibility index (Phi) is 1.64. The molecule has 3 heteroatoms. The van der Waals surface area contributed by atoms with Gasteiger partial charge in [-0.25, -0.2) is 0 Å². The largest absolute Gasteiger partial charge is 0.378 e. The van der Waals surface area contributed by atoms with E-state index in [9.17, 15) is 0 Å². The van der Waals surface area contributed by atoms with E-state index in [1.54, 1.807) is 0 Å². The third kappa shape index (κ3) is 0.944. The molecule has 0 unspecified atom stereocenters. The summed E-state index contributed by atoms with van der Waals surface area (Å²) in [6.45, 7) is 3.99. The summed E-state index contributed by atoms with van der Waals surface area (Å²) in [6, 6.07) is 1.24. The first-order valence-corrected chi connectivity index (χ1v) is 3.88. The third-order valence-corrected chi connectivity index (χ3v) is 2.53. The Balaban J connectivity index is 2.05. The Bertz CT molecular complexity index is 107. The Hall–Kier alpha value is -0.120. The van der Waals surface area contributed by atoms with E-state index in [1.807, 2.05) is 0 Å². The first-order valence-electron chi connectivity index (χ1n) is 3.88. The Morgan fingerprint density at radius 3 is 2.40 bits per heavy atom. The lowest BCUT2D eigenvalue weighted by molar-refractivity contribution is -0.0511. The normalized spacial score (nSPS) is 41.7. The molecule has 0 aliphatic carbocycles. The number of morpholine rings is 1. The van der Waals surface area contributed by atoms with Gasteiger partial charge in [-0.15, -0.1) is 0 Å². The van der Waals surface area contributed by atoms with E-state index in [-0.39, 0.29) is 0 Å². The van der Waals surface area contributed by atoms with Gasteiger partial charge in [-0.1, -0.05) is 0 Å². The highest BCUT2D eigenvalue weighted by Gasteiger charge is 2.31. The maximum atomic E-state index is 5.43. The van der Waals surface area contributed by atoms with Gasteiger partial charge in [0.05, 0.1) is 13.2 Å². The van der Waals surface area contributed by atoms with Crippen molar-refractivity contribution < 1.29 is 4.74 Å². The van der Waals surface area contributed by atoms with Gasteiger partial charge in [-0.05, 0) is 7.05 Å². The molecule has 2 saturated heterocycles. The van der Waals surface area contributed by atoms with Gasteiger partial charge in [0.15, 0.2) is 0 Å². The zero-order chi connectivity index (χ0) is 6.97. The summed E-state index contributed by atoms with van der Waals surface area (Å²) in [5.41, 5.74) is 0. The van der Waals surface area contributed by atoms with Crippen LogP contribution in [0, 0.1) is 0 Å². The highest BCUT2D eigenvalue weighted by molar-refractivity contribution is 4.88. The van der Waals surface area contributed by atoms with Crippen molar-refractivity contribution in [2.45, 2.75) is 12.1 Å². The summed E-state index contributed by atoms with van der Waals surface area (Å²) in [6.07, 6.45) is 0. The molecule has 2 aliphatic heterocycles. The summed E-state index contributed by atoms with van der Waals surface area (Å²) in [7, 11) is 2.19. The van der Waals surface area contributed by atoms with Crippen molar-refractivity contribution in [3.8, 4) is 0 Å². The fourth-order valence-corrected chi connectivity index (χ4v) is 1.70. The van der Waals surface area contributed by atoms with Crippen LogP contribution >= 0.6 is 0 Å². The second-order valence-electron chi connectivity index (χ2n) is 3.17. The van der Waals surface area contributed by atoms with Crippen LogP contribution in [0.15, 0.2) is 0 Å². The molecule has 2 fully saturated rings. The van der Waals surface area contributed by atoms with Gasteiger partial charge < -0.3 is 10.1 Å². The third-order valence-electron chi connectivity index (χ3n) is 2.53. The first-order chi connectivity index (χ1) is 4.88. The molecule has 2 rings (SSSR count). The predicted molar refractivity (Wildman–Crippen MR) is 39.0 cm³/mol. The maximum Gasteiger partial charge on any atom is 0.0635 e. The van der Waals surface area contributed by atoms with Gasteiger partial charge in [0.2, 0.25) is 0 Å². The molecule has 0 aromatic carbocycles. The molecule has 3 nitrogen and oxygen atoms in total. The van der Waals surface area contributed by atoms with Gasteiger partial charge in [0, 0.05) is 25.2 Å². The van der Waals surface area contributed by atoms with Crippen LogP contribution in [-0.2, 0) is 4.74 Å². The minimum Gasteiger partial charge on any atom is -0.378 e. The van der Waals surface area contributed by atoms with Crippen molar-refractivity contribution in [2.24, 2.45) is 0 Å². The first kappa shape index (κ1) is 6.58. The number of hydrogen-bond acceptors (Lipinski definition) is 3. The van der Waals surface area contributed by atoms with E-state index in [1.165, 1.54) is 0 Å². The zero-order valence-electron chi connectivity index (χ0n) is 6.34. The second kappa shape index (κ2) is 2.49. The van der Waals surface area contributed by atoms with Crippen molar-refractivity contribution in [2.75, 3.05) is 33.4 Å². The molecule has 0 amide bonds. The number of piperazine rings is 1. The van der Waals surface area contributed by atoms with E-state index in [4.69, 9.17) is 4.74 Å². The molecule has 2 aliphatic rings. The summed E-state index contributed by atoms with van der Waals surface area (Å²) >= 11 is 0. The molecule has 2 heterocycles. The van der Waals surface area contributed by atoms with Crippen LogP contribution < -0.4 is 5.32 Å². The molecule has 0 radical (unpaired) electrons. The van der Waals surface area contributed by atoms with Crippen LogP contribution in [0.25, 0.3) is 0 Å². The van der Waals surface area contributed by atoms with E-state index in [0.717, 1.165) is 26.3 Å². The molecule has 2 bridgehead atoms. The monoisotopic (exact) mass is 142 g/mol. The molecule has 10 heavy (non-hydrogen) atoms. The SMILES string of the molecule is CN1[C@@H]2CNC[C@@H]1COC2. The summed E-state index contributed by atoms with van der Waals surface area (Å²) in [5, 5.41) is 3.40. The Labute approximate surface area is 61.3 Å². The average molecular weight is 142 g/mol. The number of hydrogen-bond donors (Lipinski definition) is 1. The molecular weight excluding hydrogens is 128 g/mol. The van der Waals surface area contributed by atoms with Crippen LogP contribution in [0.3, 0.4) is 0 Å². The van der Waals surface area contributed by atoms with Gasteiger partial charge >= 0.3 is 0 Å². The number of nitrogens with zero attached hydrogens (tertiary/aromatic N) is 1. The second-order valence-corrected chi connectivity index (χ2v) is 3.17. The summed E-state index contributed by atoms with van der Waals surface area (Å²) in [5.74, 6) is 0. The average Bonchev–Trinajstić information content (AvgIpc) is 1.86. The fraction of sp³-hybridized carbons (Fsp3) is 1.00. The number of rotatable bonds is 0. The Morgan fingerprint density at radius 1 is 1.30 bits per heavy atom. The fourth-order valence-electron chi connectivity index (χ4n) is 1.70. The van der Waals surface area contributed by atoms with Crippen LogP contribution in [0.5, 0.6) is 0 Å². The van der Waals surface area contributed by atoms with Crippen molar-refractivity contribution >= 4 is 0 Å². The van der Waals surface area contributed by atoms with Crippen LogP contribution in [-0.4, -0.2) is 50.3 Å². The van der Waals surface area contributed by atoms with Crippen LogP contribution in [0.4, 0.5) is 0 Å². The van der Waals surface area contributed by atoms with Crippen molar-refractivity contribution in [3.05, 3.63) is 0 Å². The lowest BCUT2D eigenvalue weighted by Crippen LogP contribution is -2.61. The zero-order valence-corrected chi connectivity index (χ0v) is 6.34. The molecular formula is C7H14N2O. The molecule has 1 N–H and O–H groups in total. The highest BCUT2D eigenvalue weighted by atomic mass is 16.5. The number of likely N-dealkylation sites (N-methyl/N-ethyl adjacent to an activating group) is 1. The van der Waals surface area contributed by atoms with Gasteiger partial charge in [-0.2, -0.15) is 0 Å². The standard InChI is InChI=1S/C7H14N2O/c1-9-6-2-8-3-7(9)5-10-4-6/h6-8H,2-5H2,1H3/t6-,7-/m1/s1. The lowest BCUT2D eigenvalue weighted by atomic mass is 10.1. The minimum absolute atomic E-state index is 0.618. The van der Waals surface area contributed by atoms with Crippen molar-refractivity contribution in [1.82, 2.24) is 10.2 Å². The summed E-state index contributed by atoms with van der Waals surface area (Å²) < 4.78 is 5.43. The highest BCUT2D eigenvalue weighted by Crippen LogP contribution is 2.13. The number of ether oxygens (including phenoxy) is 1. The van der Waals surface area contributed by atoms with Crippen LogP contribution in [0.1, 0.15) is 0 Å². The molecule has 0 aromatic heterocycles. The van der Waals surface area contributed by atoms with E-state index in [2.05, 4.69) is 17.3 Å². The summed E-state index contributed by atoms with van der Waals surface area (Å²) in [4.78, 5) is 2.43. The van der Waals surface area contributed by atoms with Crippen molar-refractivity contribution in [1.29, 1.82) is 0 Å². The topological polar surface area (TPSA) is 24.5 Å². The van der Waals surface area contributed by atoms with Crippen LogP contribution in [0.2, 0.25) is 0 Å². The predicted octanol–water partition coefficient (Wildman–Crippen LogP) is -0.711. The van der Waals surface area contributed by atoms with Gasteiger partial charge in [0.25, 0.3) is 0 Å². The molecule has 58 valence electrons. The van der Waals surface area contributed by atoms with Gasteiger partial charge in [-0.3, -0.25) is 4.90 Å². The Morgan fingerprint density at radius 2 is 1.90 bits per heavy atom. The van der Waals surface area contributed by atoms with Gasteiger partial charge in [0.1, 0.15) is 0 Å². The van der Waals surface area contributed by atoms with Crippen molar-refractivity contribution in [3.63, 3.8) is 0 Å². The molecule has 0 saturated carbocycles. The number of nitrogens with one attached hydrogen (secondary N) is 1. The lowest BCUT2D eigenvalue weighted by Gasteiger charge is -2.43. The molecule has 0 spiro atoms. The smallest absolute Gasteiger partial charge is 0.0635 e. The molecule has 0 aromatic rings. The number of fused-ring (bicyclic) bond motifs is 2.